The summed E-state index contributed by atoms with van der Waals surface area (Å²) in [5, 5.41) is 0. The summed E-state index contributed by atoms with van der Waals surface area (Å²) in [5.74, 6) is 0.792. The standard InChI is InChI=1S/C7H10O3.C2H7NS/c1-3-5-9-7(8)10-6-4-2;3-1-2-4/h3-4H,1-2,5-6H2;4H,1-3H2. The highest BCUT2D eigenvalue weighted by atomic mass is 32.1. The second-order valence-corrected chi connectivity index (χ2v) is 2.41. The van der Waals surface area contributed by atoms with Crippen molar-refractivity contribution in [3.8, 4) is 0 Å². The number of hydrogen-bond acceptors (Lipinski definition) is 5. The molecule has 2 N–H and O–H groups in total. The fourth-order valence-electron chi connectivity index (χ4n) is 0.296. The SMILES string of the molecule is C=CCOC(=O)OCC=C.NCCS. The van der Waals surface area contributed by atoms with E-state index in [0.29, 0.717) is 6.54 Å². The lowest BCUT2D eigenvalue weighted by molar-refractivity contribution is 0.0718. The van der Waals surface area contributed by atoms with E-state index in [1.54, 1.807) is 0 Å². The summed E-state index contributed by atoms with van der Waals surface area (Å²) in [6.07, 6.45) is 2.24. The van der Waals surface area contributed by atoms with Gasteiger partial charge in [-0.25, -0.2) is 4.79 Å². The normalized spacial score (nSPS) is 7.86. The van der Waals surface area contributed by atoms with Crippen LogP contribution in [0.15, 0.2) is 25.3 Å². The van der Waals surface area contributed by atoms with E-state index in [1.165, 1.54) is 12.2 Å². The van der Waals surface area contributed by atoms with Crippen molar-refractivity contribution in [2.75, 3.05) is 25.5 Å². The highest BCUT2D eigenvalue weighted by Gasteiger charge is 1.97. The van der Waals surface area contributed by atoms with Crippen LogP contribution in [0.5, 0.6) is 0 Å². The van der Waals surface area contributed by atoms with Gasteiger partial charge in [-0.1, -0.05) is 25.3 Å². The molecule has 0 saturated heterocycles. The van der Waals surface area contributed by atoms with Crippen LogP contribution in [0.2, 0.25) is 0 Å². The van der Waals surface area contributed by atoms with Crippen LogP contribution in [0.1, 0.15) is 0 Å². The molecule has 0 aromatic rings. The van der Waals surface area contributed by atoms with Crippen LogP contribution in [0.4, 0.5) is 4.79 Å². The lowest BCUT2D eigenvalue weighted by Gasteiger charge is -1.99. The Bertz CT molecular complexity index is 146. The predicted molar refractivity (Wildman–Crippen MR) is 60.6 cm³/mol. The van der Waals surface area contributed by atoms with E-state index >= 15 is 0 Å². The monoisotopic (exact) mass is 219 g/mol. The number of ether oxygens (including phenoxy) is 2. The minimum atomic E-state index is -0.695. The summed E-state index contributed by atoms with van der Waals surface area (Å²) in [6.45, 7) is 7.76. The molecule has 0 atom stereocenters. The van der Waals surface area contributed by atoms with Gasteiger partial charge in [-0.05, 0) is 0 Å². The van der Waals surface area contributed by atoms with Crippen LogP contribution in [0, 0.1) is 0 Å². The number of carbonyl (C=O) groups excluding carboxylic acids is 1. The number of carbonyl (C=O) groups is 1. The van der Waals surface area contributed by atoms with E-state index in [4.69, 9.17) is 5.73 Å². The van der Waals surface area contributed by atoms with Crippen LogP contribution in [0.25, 0.3) is 0 Å². The fraction of sp³-hybridized carbons (Fsp3) is 0.444. The minimum Gasteiger partial charge on any atom is -0.430 e. The Kier molecular flexibility index (Phi) is 16.2. The van der Waals surface area contributed by atoms with E-state index in [1.807, 2.05) is 0 Å². The first-order valence-corrected chi connectivity index (χ1v) is 4.68. The van der Waals surface area contributed by atoms with Gasteiger partial charge < -0.3 is 15.2 Å². The van der Waals surface area contributed by atoms with Crippen LogP contribution in [-0.2, 0) is 9.47 Å². The van der Waals surface area contributed by atoms with E-state index in [2.05, 4.69) is 35.3 Å². The largest absolute Gasteiger partial charge is 0.508 e. The predicted octanol–water partition coefficient (Wildman–Crippen LogP) is 1.39. The lowest BCUT2D eigenvalue weighted by atomic mass is 10.7. The van der Waals surface area contributed by atoms with Crippen molar-refractivity contribution in [2.45, 2.75) is 0 Å². The molecule has 0 aliphatic carbocycles. The first kappa shape index (κ1) is 15.5. The Labute approximate surface area is 90.2 Å². The molecule has 0 amide bonds. The van der Waals surface area contributed by atoms with Gasteiger partial charge in [-0.3, -0.25) is 0 Å². The van der Waals surface area contributed by atoms with Crippen molar-refractivity contribution in [1.82, 2.24) is 0 Å². The quantitative estimate of drug-likeness (QED) is 0.417. The second-order valence-electron chi connectivity index (χ2n) is 1.96. The highest BCUT2D eigenvalue weighted by Crippen LogP contribution is 1.84. The first-order valence-electron chi connectivity index (χ1n) is 4.05. The van der Waals surface area contributed by atoms with Gasteiger partial charge in [-0.15, -0.1) is 0 Å². The summed E-state index contributed by atoms with van der Waals surface area (Å²) in [5.41, 5.74) is 4.95. The summed E-state index contributed by atoms with van der Waals surface area (Å²) < 4.78 is 8.93. The maximum absolute atomic E-state index is 10.4. The third-order valence-corrected chi connectivity index (χ3v) is 1.03. The zero-order valence-corrected chi connectivity index (χ0v) is 9.04. The Morgan fingerprint density at radius 2 is 1.64 bits per heavy atom. The summed E-state index contributed by atoms with van der Waals surface area (Å²) in [6, 6.07) is 0. The molecular formula is C9H17NO3S. The van der Waals surface area contributed by atoms with Crippen molar-refractivity contribution < 1.29 is 14.3 Å². The molecule has 0 aromatic carbocycles. The van der Waals surface area contributed by atoms with E-state index in [0.717, 1.165) is 5.75 Å². The molecule has 0 unspecified atom stereocenters. The molecule has 14 heavy (non-hydrogen) atoms. The van der Waals surface area contributed by atoms with Crippen molar-refractivity contribution in [1.29, 1.82) is 0 Å². The molecule has 82 valence electrons. The van der Waals surface area contributed by atoms with E-state index < -0.39 is 6.16 Å². The molecule has 0 spiro atoms. The molecule has 0 aliphatic rings. The van der Waals surface area contributed by atoms with Gasteiger partial charge >= 0.3 is 6.16 Å². The second kappa shape index (κ2) is 14.6. The summed E-state index contributed by atoms with van der Waals surface area (Å²) in [4.78, 5) is 10.4. The fourth-order valence-corrected chi connectivity index (χ4v) is 0.296. The number of hydrogen-bond donors (Lipinski definition) is 2. The van der Waals surface area contributed by atoms with Crippen molar-refractivity contribution >= 4 is 18.8 Å². The van der Waals surface area contributed by atoms with Gasteiger partial charge in [0.15, 0.2) is 0 Å². The molecule has 0 bridgehead atoms. The number of nitrogens with two attached hydrogens (primary N) is 1. The minimum absolute atomic E-state index is 0.177. The average molecular weight is 219 g/mol. The molecule has 5 heteroatoms. The average Bonchev–Trinajstić information content (AvgIpc) is 2.23. The molecular weight excluding hydrogens is 202 g/mol. The van der Waals surface area contributed by atoms with Crippen LogP contribution in [-0.4, -0.2) is 31.7 Å². The van der Waals surface area contributed by atoms with Crippen molar-refractivity contribution in [3.63, 3.8) is 0 Å². The Hall–Kier alpha value is -0.940. The van der Waals surface area contributed by atoms with E-state index in [-0.39, 0.29) is 13.2 Å². The maximum Gasteiger partial charge on any atom is 0.508 e. The molecule has 0 saturated carbocycles. The lowest BCUT2D eigenvalue weighted by Crippen LogP contribution is -2.06. The van der Waals surface area contributed by atoms with Crippen LogP contribution >= 0.6 is 12.6 Å². The smallest absolute Gasteiger partial charge is 0.430 e. The topological polar surface area (TPSA) is 61.5 Å². The van der Waals surface area contributed by atoms with Crippen molar-refractivity contribution in [2.24, 2.45) is 5.73 Å². The molecule has 0 aliphatic heterocycles. The van der Waals surface area contributed by atoms with Gasteiger partial charge in [0, 0.05) is 12.3 Å². The van der Waals surface area contributed by atoms with Gasteiger partial charge in [0.2, 0.25) is 0 Å². The van der Waals surface area contributed by atoms with Gasteiger partial charge in [-0.2, -0.15) is 12.6 Å². The summed E-state index contributed by atoms with van der Waals surface area (Å²) in [7, 11) is 0. The van der Waals surface area contributed by atoms with Crippen LogP contribution in [0.3, 0.4) is 0 Å². The number of rotatable bonds is 5. The zero-order chi connectivity index (χ0) is 11.2. The van der Waals surface area contributed by atoms with Gasteiger partial charge in [0.25, 0.3) is 0 Å². The maximum atomic E-state index is 10.4. The molecule has 0 fully saturated rings. The number of thiol groups is 1. The van der Waals surface area contributed by atoms with Gasteiger partial charge in [0.05, 0.1) is 0 Å². The highest BCUT2D eigenvalue weighted by molar-refractivity contribution is 7.80. The molecule has 0 radical (unpaired) electrons. The molecule has 4 nitrogen and oxygen atoms in total. The third-order valence-electron chi connectivity index (χ3n) is 0.767. The Morgan fingerprint density at radius 3 is 1.86 bits per heavy atom. The molecule has 0 heterocycles. The first-order chi connectivity index (χ1) is 6.72. The molecule has 0 aromatic heterocycles. The molecule has 0 rings (SSSR count). The zero-order valence-electron chi connectivity index (χ0n) is 8.15. The Morgan fingerprint density at radius 1 is 1.29 bits per heavy atom. The van der Waals surface area contributed by atoms with E-state index in [9.17, 15) is 4.79 Å². The van der Waals surface area contributed by atoms with Crippen molar-refractivity contribution in [3.05, 3.63) is 25.3 Å². The third kappa shape index (κ3) is 17.2. The van der Waals surface area contributed by atoms with Gasteiger partial charge in [0.1, 0.15) is 13.2 Å². The Balaban J connectivity index is 0. The van der Waals surface area contributed by atoms with Crippen LogP contribution < -0.4 is 5.73 Å². The summed E-state index contributed by atoms with van der Waals surface area (Å²) >= 11 is 3.80.